The smallest absolute Gasteiger partial charge is 0.253 e. The molecular weight excluding hydrogens is 392 g/mol. The van der Waals surface area contributed by atoms with Crippen LogP contribution in [0, 0.1) is 11.8 Å². The third kappa shape index (κ3) is 5.37. The highest BCUT2D eigenvalue weighted by Gasteiger charge is 2.41. The Morgan fingerprint density at radius 3 is 2.45 bits per heavy atom. The van der Waals surface area contributed by atoms with E-state index >= 15 is 0 Å². The van der Waals surface area contributed by atoms with E-state index in [1.165, 1.54) is 0 Å². The van der Waals surface area contributed by atoms with E-state index in [1.54, 1.807) is 31.3 Å². The monoisotopic (exact) mass is 424 g/mol. The van der Waals surface area contributed by atoms with Crippen molar-refractivity contribution in [3.63, 3.8) is 0 Å². The van der Waals surface area contributed by atoms with Crippen LogP contribution in [-0.2, 0) is 4.79 Å². The van der Waals surface area contributed by atoms with Gasteiger partial charge in [-0.25, -0.2) is 0 Å². The van der Waals surface area contributed by atoms with Crippen LogP contribution in [0.15, 0.2) is 48.5 Å². The predicted octanol–water partition coefficient (Wildman–Crippen LogP) is 3.72. The molecule has 2 amide bonds. The highest BCUT2D eigenvalue weighted by Crippen LogP contribution is 2.39. The fourth-order valence-electron chi connectivity index (χ4n) is 4.05. The molecule has 1 heterocycles. The van der Waals surface area contributed by atoms with Gasteiger partial charge in [-0.3, -0.25) is 9.59 Å². The molecule has 2 atom stereocenters. The largest absolute Gasteiger partial charge is 0.497 e. The van der Waals surface area contributed by atoms with Gasteiger partial charge in [0.1, 0.15) is 11.5 Å². The number of nitrogens with zero attached hydrogens (tertiary/aromatic N) is 1. The number of benzene rings is 2. The second-order valence-corrected chi connectivity index (χ2v) is 8.37. The van der Waals surface area contributed by atoms with Crippen molar-refractivity contribution in [1.82, 2.24) is 10.2 Å². The summed E-state index contributed by atoms with van der Waals surface area (Å²) in [6.45, 7) is 5.73. The molecule has 0 saturated carbocycles. The molecule has 3 rings (SSSR count). The molecule has 0 spiro atoms. The molecule has 1 aliphatic rings. The summed E-state index contributed by atoms with van der Waals surface area (Å²) in [4.78, 5) is 28.0. The summed E-state index contributed by atoms with van der Waals surface area (Å²) in [5.74, 6) is 1.28. The van der Waals surface area contributed by atoms with Gasteiger partial charge in [0, 0.05) is 42.7 Å². The summed E-state index contributed by atoms with van der Waals surface area (Å²) in [6.07, 6.45) is 0.918. The Morgan fingerprint density at radius 1 is 1.06 bits per heavy atom. The highest BCUT2D eigenvalue weighted by atomic mass is 16.5. The van der Waals surface area contributed by atoms with Crippen molar-refractivity contribution in [3.05, 3.63) is 59.7 Å². The van der Waals surface area contributed by atoms with Gasteiger partial charge in [-0.2, -0.15) is 0 Å². The van der Waals surface area contributed by atoms with Crippen molar-refractivity contribution >= 4 is 11.8 Å². The Labute approximate surface area is 184 Å². The van der Waals surface area contributed by atoms with Crippen LogP contribution < -0.4 is 14.8 Å². The van der Waals surface area contributed by atoms with Gasteiger partial charge in [-0.1, -0.05) is 38.1 Å². The normalized spacial score (nSPS) is 18.2. The summed E-state index contributed by atoms with van der Waals surface area (Å²) < 4.78 is 10.9. The van der Waals surface area contributed by atoms with E-state index in [2.05, 4.69) is 19.2 Å². The Bertz CT molecular complexity index is 898. The maximum Gasteiger partial charge on any atom is 0.253 e. The number of hydrogen-bond donors (Lipinski definition) is 1. The molecule has 0 aromatic heterocycles. The van der Waals surface area contributed by atoms with Crippen molar-refractivity contribution in [2.24, 2.45) is 11.8 Å². The summed E-state index contributed by atoms with van der Waals surface area (Å²) in [6, 6.07) is 14.8. The summed E-state index contributed by atoms with van der Waals surface area (Å²) in [5.41, 5.74) is 1.54. The minimum atomic E-state index is -0.345. The molecule has 2 aromatic carbocycles. The maximum absolute atomic E-state index is 13.1. The first-order chi connectivity index (χ1) is 14.9. The highest BCUT2D eigenvalue weighted by molar-refractivity contribution is 5.95. The standard InChI is InChI=1S/C25H32N2O4/c1-17(2)12-13-26-24(28)22-16-27(25(29)18-8-6-5-7-9-18)15-21(22)20-11-10-19(30-3)14-23(20)31-4/h5-11,14,17,21-22H,12-13,15-16H2,1-4H3,(H,26,28). The predicted molar refractivity (Wildman–Crippen MR) is 121 cm³/mol. The molecule has 1 fully saturated rings. The zero-order chi connectivity index (χ0) is 22.4. The second-order valence-electron chi connectivity index (χ2n) is 8.37. The van der Waals surface area contributed by atoms with Crippen LogP contribution in [0.25, 0.3) is 0 Å². The molecule has 31 heavy (non-hydrogen) atoms. The van der Waals surface area contributed by atoms with E-state index in [1.807, 2.05) is 36.4 Å². The molecule has 2 aromatic rings. The number of carbonyl (C=O) groups excluding carboxylic acids is 2. The SMILES string of the molecule is COc1ccc(C2CN(C(=O)c3ccccc3)CC2C(=O)NCCC(C)C)c(OC)c1. The van der Waals surface area contributed by atoms with Gasteiger partial charge in [-0.15, -0.1) is 0 Å². The molecule has 0 bridgehead atoms. The van der Waals surface area contributed by atoms with E-state index < -0.39 is 0 Å². The van der Waals surface area contributed by atoms with Gasteiger partial charge in [0.05, 0.1) is 20.1 Å². The number of carbonyl (C=O) groups is 2. The third-order valence-electron chi connectivity index (χ3n) is 5.83. The first-order valence-electron chi connectivity index (χ1n) is 10.8. The molecular formula is C25H32N2O4. The van der Waals surface area contributed by atoms with Crippen molar-refractivity contribution in [2.75, 3.05) is 33.9 Å². The fourth-order valence-corrected chi connectivity index (χ4v) is 4.05. The number of nitrogens with one attached hydrogen (secondary N) is 1. The number of hydrogen-bond acceptors (Lipinski definition) is 4. The van der Waals surface area contributed by atoms with Crippen LogP contribution in [0.5, 0.6) is 11.5 Å². The summed E-state index contributed by atoms with van der Waals surface area (Å²) in [7, 11) is 3.22. The summed E-state index contributed by atoms with van der Waals surface area (Å²) in [5, 5.41) is 3.07. The zero-order valence-electron chi connectivity index (χ0n) is 18.8. The minimum absolute atomic E-state index is 0.0214. The van der Waals surface area contributed by atoms with Crippen LogP contribution in [-0.4, -0.2) is 50.6 Å². The van der Waals surface area contributed by atoms with E-state index in [-0.39, 0.29) is 23.7 Å². The Hall–Kier alpha value is -3.02. The molecule has 6 heteroatoms. The number of methoxy groups -OCH3 is 2. The lowest BCUT2D eigenvalue weighted by Crippen LogP contribution is -2.36. The molecule has 0 radical (unpaired) electrons. The molecule has 1 saturated heterocycles. The number of rotatable bonds is 8. The van der Waals surface area contributed by atoms with E-state index in [0.29, 0.717) is 42.6 Å². The lowest BCUT2D eigenvalue weighted by Gasteiger charge is -2.21. The second kappa shape index (κ2) is 10.3. The van der Waals surface area contributed by atoms with Gasteiger partial charge in [0.25, 0.3) is 5.91 Å². The summed E-state index contributed by atoms with van der Waals surface area (Å²) >= 11 is 0. The minimum Gasteiger partial charge on any atom is -0.497 e. The number of likely N-dealkylation sites (tertiary alicyclic amines) is 1. The van der Waals surface area contributed by atoms with Crippen molar-refractivity contribution < 1.29 is 19.1 Å². The quantitative estimate of drug-likeness (QED) is 0.701. The Kier molecular flexibility index (Phi) is 7.55. The van der Waals surface area contributed by atoms with Crippen molar-refractivity contribution in [3.8, 4) is 11.5 Å². The molecule has 6 nitrogen and oxygen atoms in total. The van der Waals surface area contributed by atoms with Crippen molar-refractivity contribution in [2.45, 2.75) is 26.2 Å². The lowest BCUT2D eigenvalue weighted by atomic mass is 9.87. The zero-order valence-corrected chi connectivity index (χ0v) is 18.8. The van der Waals surface area contributed by atoms with Crippen LogP contribution in [0.4, 0.5) is 0 Å². The van der Waals surface area contributed by atoms with Crippen LogP contribution in [0.1, 0.15) is 42.1 Å². The van der Waals surface area contributed by atoms with Gasteiger partial charge >= 0.3 is 0 Å². The van der Waals surface area contributed by atoms with Gasteiger partial charge in [-0.05, 0) is 30.5 Å². The Morgan fingerprint density at radius 2 is 1.81 bits per heavy atom. The van der Waals surface area contributed by atoms with Gasteiger partial charge in [0.15, 0.2) is 0 Å². The van der Waals surface area contributed by atoms with E-state index in [4.69, 9.17) is 9.47 Å². The first-order valence-corrected chi connectivity index (χ1v) is 10.8. The average molecular weight is 425 g/mol. The molecule has 0 aliphatic carbocycles. The van der Waals surface area contributed by atoms with Crippen LogP contribution in [0.3, 0.4) is 0 Å². The molecule has 1 aliphatic heterocycles. The van der Waals surface area contributed by atoms with E-state index in [0.717, 1.165) is 12.0 Å². The van der Waals surface area contributed by atoms with Crippen molar-refractivity contribution in [1.29, 1.82) is 0 Å². The van der Waals surface area contributed by atoms with Gasteiger partial charge in [0.2, 0.25) is 5.91 Å². The molecule has 2 unspecified atom stereocenters. The first kappa shape index (κ1) is 22.7. The van der Waals surface area contributed by atoms with Gasteiger partial charge < -0.3 is 19.7 Å². The third-order valence-corrected chi connectivity index (χ3v) is 5.83. The fraction of sp³-hybridized carbons (Fsp3) is 0.440. The van der Waals surface area contributed by atoms with E-state index in [9.17, 15) is 9.59 Å². The Balaban J connectivity index is 1.88. The number of ether oxygens (including phenoxy) is 2. The topological polar surface area (TPSA) is 67.9 Å². The van der Waals surface area contributed by atoms with Crippen LogP contribution in [0.2, 0.25) is 0 Å². The molecule has 1 N–H and O–H groups in total. The molecule has 166 valence electrons. The average Bonchev–Trinajstić information content (AvgIpc) is 3.23. The van der Waals surface area contributed by atoms with Crippen LogP contribution >= 0.6 is 0 Å². The lowest BCUT2D eigenvalue weighted by molar-refractivity contribution is -0.124. The number of amides is 2. The maximum atomic E-state index is 13.1.